The topological polar surface area (TPSA) is 38.5 Å². The van der Waals surface area contributed by atoms with Crippen LogP contribution in [0.1, 0.15) is 44.9 Å². The van der Waals surface area contributed by atoms with Gasteiger partial charge in [0.2, 0.25) is 0 Å². The van der Waals surface area contributed by atoms with E-state index in [0.717, 1.165) is 25.6 Å². The molecule has 1 aliphatic carbocycles. The van der Waals surface area contributed by atoms with Crippen molar-refractivity contribution in [3.05, 3.63) is 0 Å². The highest BCUT2D eigenvalue weighted by Gasteiger charge is 2.21. The zero-order valence-corrected chi connectivity index (χ0v) is 10.8. The van der Waals surface area contributed by atoms with Crippen LogP contribution in [0.4, 0.5) is 0 Å². The first kappa shape index (κ1) is 13.9. The third-order valence-electron chi connectivity index (χ3n) is 3.53. The normalized spacial score (nSPS) is 17.4. The lowest BCUT2D eigenvalue weighted by molar-refractivity contribution is 0.166. The minimum absolute atomic E-state index is 0.821. The molecule has 0 aliphatic heterocycles. The average molecular weight is 228 g/mol. The Morgan fingerprint density at radius 1 is 1.12 bits per heavy atom. The van der Waals surface area contributed by atoms with Crippen LogP contribution in [-0.2, 0) is 4.74 Å². The van der Waals surface area contributed by atoms with Crippen molar-refractivity contribution in [1.82, 2.24) is 4.90 Å². The predicted molar refractivity (Wildman–Crippen MR) is 68.6 cm³/mol. The molecule has 1 saturated carbocycles. The summed E-state index contributed by atoms with van der Waals surface area (Å²) in [5.74, 6) is 0. The van der Waals surface area contributed by atoms with Gasteiger partial charge in [0.1, 0.15) is 0 Å². The van der Waals surface area contributed by atoms with Gasteiger partial charge in [0, 0.05) is 19.8 Å². The lowest BCUT2D eigenvalue weighted by Gasteiger charge is -2.28. The van der Waals surface area contributed by atoms with Crippen LogP contribution in [0.25, 0.3) is 0 Å². The second kappa shape index (κ2) is 8.97. The molecule has 0 aromatic rings. The van der Waals surface area contributed by atoms with Gasteiger partial charge in [0.15, 0.2) is 0 Å². The molecule has 0 bridgehead atoms. The zero-order chi connectivity index (χ0) is 11.6. The molecule has 0 radical (unpaired) electrons. The maximum Gasteiger partial charge on any atom is 0.0462 e. The average Bonchev–Trinajstić information content (AvgIpc) is 2.82. The third-order valence-corrected chi connectivity index (χ3v) is 3.53. The van der Waals surface area contributed by atoms with Crippen LogP contribution in [-0.4, -0.2) is 44.3 Å². The summed E-state index contributed by atoms with van der Waals surface area (Å²) in [6, 6.07) is 0.842. The van der Waals surface area contributed by atoms with Gasteiger partial charge in [-0.25, -0.2) is 0 Å². The van der Waals surface area contributed by atoms with E-state index in [-0.39, 0.29) is 0 Å². The molecule has 0 aromatic carbocycles. The van der Waals surface area contributed by atoms with Gasteiger partial charge < -0.3 is 15.4 Å². The van der Waals surface area contributed by atoms with Crippen molar-refractivity contribution in [3.8, 4) is 0 Å². The summed E-state index contributed by atoms with van der Waals surface area (Å²) in [6.45, 7) is 4.14. The number of hydrogen-bond acceptors (Lipinski definition) is 3. The molecule has 3 nitrogen and oxygen atoms in total. The van der Waals surface area contributed by atoms with E-state index in [9.17, 15) is 0 Å². The van der Waals surface area contributed by atoms with E-state index in [0.29, 0.717) is 0 Å². The van der Waals surface area contributed by atoms with E-state index in [1.165, 1.54) is 51.6 Å². The Morgan fingerprint density at radius 2 is 1.81 bits per heavy atom. The van der Waals surface area contributed by atoms with Crippen LogP contribution in [0, 0.1) is 0 Å². The van der Waals surface area contributed by atoms with Gasteiger partial charge >= 0.3 is 0 Å². The molecule has 0 spiro atoms. The molecule has 0 unspecified atom stereocenters. The molecule has 2 N–H and O–H groups in total. The van der Waals surface area contributed by atoms with Crippen LogP contribution >= 0.6 is 0 Å². The maximum atomic E-state index is 5.61. The smallest absolute Gasteiger partial charge is 0.0462 e. The Labute approximate surface area is 100 Å². The third kappa shape index (κ3) is 5.28. The van der Waals surface area contributed by atoms with Crippen molar-refractivity contribution in [2.75, 3.05) is 33.4 Å². The maximum absolute atomic E-state index is 5.61. The second-order valence-electron chi connectivity index (χ2n) is 4.82. The lowest BCUT2D eigenvalue weighted by Crippen LogP contribution is -2.35. The fourth-order valence-electron chi connectivity index (χ4n) is 2.60. The van der Waals surface area contributed by atoms with Crippen molar-refractivity contribution in [2.24, 2.45) is 5.73 Å². The second-order valence-corrected chi connectivity index (χ2v) is 4.82. The summed E-state index contributed by atoms with van der Waals surface area (Å²) in [5.41, 5.74) is 5.61. The van der Waals surface area contributed by atoms with Crippen LogP contribution in [0.2, 0.25) is 0 Å². The van der Waals surface area contributed by atoms with Crippen LogP contribution in [0.3, 0.4) is 0 Å². The summed E-state index contributed by atoms with van der Waals surface area (Å²) in [6.07, 6.45) is 9.21. The summed E-state index contributed by atoms with van der Waals surface area (Å²) < 4.78 is 5.09. The SMILES string of the molecule is COCCCCN(CCCN)C1CCCC1. The first-order chi connectivity index (χ1) is 7.88. The fraction of sp³-hybridized carbons (Fsp3) is 1.00. The highest BCUT2D eigenvalue weighted by atomic mass is 16.5. The standard InChI is InChI=1S/C13H28N2O/c1-16-12-5-4-10-15(11-6-9-14)13-7-2-3-8-13/h13H,2-12,14H2,1H3. The molecular weight excluding hydrogens is 200 g/mol. The van der Waals surface area contributed by atoms with Crippen molar-refractivity contribution in [1.29, 1.82) is 0 Å². The largest absolute Gasteiger partial charge is 0.385 e. The highest BCUT2D eigenvalue weighted by molar-refractivity contribution is 4.77. The number of rotatable bonds is 9. The summed E-state index contributed by atoms with van der Waals surface area (Å²) in [7, 11) is 1.78. The summed E-state index contributed by atoms with van der Waals surface area (Å²) >= 11 is 0. The molecule has 1 aliphatic rings. The number of hydrogen-bond donors (Lipinski definition) is 1. The van der Waals surface area contributed by atoms with Crippen LogP contribution in [0.5, 0.6) is 0 Å². The van der Waals surface area contributed by atoms with Gasteiger partial charge in [-0.05, 0) is 51.7 Å². The van der Waals surface area contributed by atoms with E-state index in [4.69, 9.17) is 10.5 Å². The predicted octanol–water partition coefficient (Wildman–Crippen LogP) is 2.01. The Hall–Kier alpha value is -0.120. The molecule has 1 rings (SSSR count). The highest BCUT2D eigenvalue weighted by Crippen LogP contribution is 2.23. The molecule has 96 valence electrons. The number of methoxy groups -OCH3 is 1. The van der Waals surface area contributed by atoms with Gasteiger partial charge in [-0.2, -0.15) is 0 Å². The lowest BCUT2D eigenvalue weighted by atomic mass is 10.1. The number of ether oxygens (including phenoxy) is 1. The molecule has 0 saturated heterocycles. The monoisotopic (exact) mass is 228 g/mol. The van der Waals surface area contributed by atoms with Crippen molar-refractivity contribution in [3.63, 3.8) is 0 Å². The molecular formula is C13H28N2O. The van der Waals surface area contributed by atoms with Crippen LogP contribution in [0.15, 0.2) is 0 Å². The van der Waals surface area contributed by atoms with E-state index in [1.54, 1.807) is 7.11 Å². The summed E-state index contributed by atoms with van der Waals surface area (Å²) in [4.78, 5) is 2.66. The molecule has 0 atom stereocenters. The quantitative estimate of drug-likeness (QED) is 0.614. The van der Waals surface area contributed by atoms with Gasteiger partial charge in [-0.15, -0.1) is 0 Å². The molecule has 1 fully saturated rings. The van der Waals surface area contributed by atoms with Gasteiger partial charge in [-0.3, -0.25) is 0 Å². The number of nitrogens with zero attached hydrogens (tertiary/aromatic N) is 1. The Bertz CT molecular complexity index is 158. The first-order valence-electron chi connectivity index (χ1n) is 6.81. The zero-order valence-electron chi connectivity index (χ0n) is 10.8. The molecule has 0 heterocycles. The minimum Gasteiger partial charge on any atom is -0.385 e. The molecule has 16 heavy (non-hydrogen) atoms. The molecule has 3 heteroatoms. The number of nitrogens with two attached hydrogens (primary N) is 1. The Morgan fingerprint density at radius 3 is 2.44 bits per heavy atom. The van der Waals surface area contributed by atoms with E-state index in [1.807, 2.05) is 0 Å². The van der Waals surface area contributed by atoms with Gasteiger partial charge in [0.05, 0.1) is 0 Å². The van der Waals surface area contributed by atoms with Crippen molar-refractivity contribution >= 4 is 0 Å². The van der Waals surface area contributed by atoms with Crippen molar-refractivity contribution in [2.45, 2.75) is 51.0 Å². The van der Waals surface area contributed by atoms with Crippen LogP contribution < -0.4 is 5.73 Å². The summed E-state index contributed by atoms with van der Waals surface area (Å²) in [5, 5.41) is 0. The molecule has 0 amide bonds. The fourth-order valence-corrected chi connectivity index (χ4v) is 2.60. The Balaban J connectivity index is 2.19. The minimum atomic E-state index is 0.821. The number of unbranched alkanes of at least 4 members (excludes halogenated alkanes) is 1. The molecule has 0 aromatic heterocycles. The Kier molecular flexibility index (Phi) is 7.81. The van der Waals surface area contributed by atoms with E-state index >= 15 is 0 Å². The van der Waals surface area contributed by atoms with E-state index < -0.39 is 0 Å². The van der Waals surface area contributed by atoms with Crippen molar-refractivity contribution < 1.29 is 4.74 Å². The van der Waals surface area contributed by atoms with E-state index in [2.05, 4.69) is 4.90 Å². The van der Waals surface area contributed by atoms with Gasteiger partial charge in [0.25, 0.3) is 0 Å². The first-order valence-corrected chi connectivity index (χ1v) is 6.81. The van der Waals surface area contributed by atoms with Gasteiger partial charge in [-0.1, -0.05) is 12.8 Å².